The minimum absolute atomic E-state index is 0.0136. The van der Waals surface area contributed by atoms with Crippen LogP contribution in [0.4, 0.5) is 11.6 Å². The molecule has 128 valence electrons. The van der Waals surface area contributed by atoms with Crippen LogP contribution in [0.5, 0.6) is 0 Å². The van der Waals surface area contributed by atoms with Gasteiger partial charge in [-0.3, -0.25) is 0 Å². The molecule has 1 unspecified atom stereocenters. The minimum atomic E-state index is -2.89. The molecule has 8 heteroatoms. The lowest BCUT2D eigenvalue weighted by molar-refractivity contribution is 0.270. The molecule has 3 heterocycles. The van der Waals surface area contributed by atoms with E-state index in [1.165, 1.54) is 0 Å². The Bertz CT molecular complexity index is 643. The second kappa shape index (κ2) is 6.60. The minimum Gasteiger partial charge on any atom is -0.355 e. The lowest BCUT2D eigenvalue weighted by atomic mass is 10.2. The predicted molar refractivity (Wildman–Crippen MR) is 91.8 cm³/mol. The lowest BCUT2D eigenvalue weighted by Crippen LogP contribution is -2.46. The zero-order valence-corrected chi connectivity index (χ0v) is 14.7. The number of aromatic nitrogens is 2. The first-order valence-corrected chi connectivity index (χ1v) is 10.0. The summed E-state index contributed by atoms with van der Waals surface area (Å²) in [6.45, 7) is 7.29. The average molecular weight is 339 g/mol. The molecule has 2 fully saturated rings. The fourth-order valence-corrected chi connectivity index (χ4v) is 5.04. The molecule has 2 aliphatic heterocycles. The number of sulfone groups is 1. The molecule has 0 saturated carbocycles. The van der Waals surface area contributed by atoms with Crippen molar-refractivity contribution in [1.29, 1.82) is 0 Å². The van der Waals surface area contributed by atoms with Crippen molar-refractivity contribution < 1.29 is 8.42 Å². The Morgan fingerprint density at radius 1 is 1.26 bits per heavy atom. The number of piperazine rings is 1. The fourth-order valence-electron chi connectivity index (χ4n) is 3.26. The molecule has 0 bridgehead atoms. The summed E-state index contributed by atoms with van der Waals surface area (Å²) in [5.41, 5.74) is 0. The molecule has 0 spiro atoms. The third-order valence-corrected chi connectivity index (χ3v) is 6.65. The fraction of sp³-hybridized carbons (Fsp3) is 0.733. The Labute approximate surface area is 138 Å². The van der Waals surface area contributed by atoms with Crippen molar-refractivity contribution in [3.63, 3.8) is 0 Å². The van der Waals surface area contributed by atoms with Gasteiger partial charge in [-0.15, -0.1) is 0 Å². The van der Waals surface area contributed by atoms with Crippen LogP contribution in [-0.2, 0) is 9.84 Å². The van der Waals surface area contributed by atoms with Gasteiger partial charge < -0.3 is 14.7 Å². The van der Waals surface area contributed by atoms with Gasteiger partial charge in [0.1, 0.15) is 18.0 Å². The van der Waals surface area contributed by atoms with Gasteiger partial charge in [0.25, 0.3) is 0 Å². The van der Waals surface area contributed by atoms with Crippen molar-refractivity contribution >= 4 is 21.5 Å². The summed E-state index contributed by atoms with van der Waals surface area (Å²) in [7, 11) is -0.966. The Morgan fingerprint density at radius 3 is 2.61 bits per heavy atom. The molecule has 1 aromatic rings. The summed E-state index contributed by atoms with van der Waals surface area (Å²) in [6.07, 6.45) is 2.25. The van der Waals surface area contributed by atoms with E-state index in [9.17, 15) is 8.42 Å². The molecule has 3 rings (SSSR count). The normalized spacial score (nSPS) is 24.8. The summed E-state index contributed by atoms with van der Waals surface area (Å²) in [5, 5.41) is 0. The van der Waals surface area contributed by atoms with Crippen molar-refractivity contribution in [3.05, 3.63) is 12.4 Å². The summed E-state index contributed by atoms with van der Waals surface area (Å²) in [4.78, 5) is 15.4. The van der Waals surface area contributed by atoms with Crippen molar-refractivity contribution in [2.45, 2.75) is 19.4 Å². The quantitative estimate of drug-likeness (QED) is 0.778. The van der Waals surface area contributed by atoms with Crippen LogP contribution in [0.1, 0.15) is 13.3 Å². The van der Waals surface area contributed by atoms with Crippen LogP contribution in [-0.4, -0.2) is 80.6 Å². The molecule has 0 aromatic carbocycles. The standard InChI is InChI=1S/C15H25N5O2S/c1-3-19-5-7-20(8-6-19)15-10-14(16-12-17-15)18(2)13-4-9-23(21,22)11-13/h10,12-13H,3-9,11H2,1-2H3. The molecule has 0 radical (unpaired) electrons. The topological polar surface area (TPSA) is 69.6 Å². The van der Waals surface area contributed by atoms with Crippen molar-refractivity contribution in [1.82, 2.24) is 14.9 Å². The predicted octanol–water partition coefficient (Wildman–Crippen LogP) is 0.242. The maximum atomic E-state index is 11.7. The Kier molecular flexibility index (Phi) is 4.72. The Hall–Kier alpha value is -1.41. The maximum Gasteiger partial charge on any atom is 0.152 e. The molecular weight excluding hydrogens is 314 g/mol. The third-order valence-electron chi connectivity index (χ3n) is 4.90. The average Bonchev–Trinajstić information content (AvgIpc) is 2.94. The van der Waals surface area contributed by atoms with Gasteiger partial charge in [-0.05, 0) is 13.0 Å². The highest BCUT2D eigenvalue weighted by molar-refractivity contribution is 7.91. The lowest BCUT2D eigenvalue weighted by Gasteiger charge is -2.35. The van der Waals surface area contributed by atoms with Gasteiger partial charge in [0.15, 0.2) is 9.84 Å². The molecular formula is C15H25N5O2S. The monoisotopic (exact) mass is 339 g/mol. The van der Waals surface area contributed by atoms with Gasteiger partial charge in [0, 0.05) is 45.3 Å². The van der Waals surface area contributed by atoms with E-state index in [0.717, 1.165) is 44.4 Å². The Balaban J connectivity index is 1.70. The molecule has 1 aromatic heterocycles. The molecule has 0 amide bonds. The van der Waals surface area contributed by atoms with E-state index in [-0.39, 0.29) is 17.5 Å². The molecule has 2 saturated heterocycles. The van der Waals surface area contributed by atoms with Gasteiger partial charge in [0.2, 0.25) is 0 Å². The highest BCUT2D eigenvalue weighted by Gasteiger charge is 2.31. The summed E-state index contributed by atoms with van der Waals surface area (Å²) < 4.78 is 23.4. The first-order valence-electron chi connectivity index (χ1n) is 8.21. The van der Waals surface area contributed by atoms with Gasteiger partial charge in [0.05, 0.1) is 11.5 Å². The first-order chi connectivity index (χ1) is 11.0. The highest BCUT2D eigenvalue weighted by Crippen LogP contribution is 2.24. The summed E-state index contributed by atoms with van der Waals surface area (Å²) in [5.74, 6) is 2.23. The van der Waals surface area contributed by atoms with Crippen LogP contribution in [0.3, 0.4) is 0 Å². The van der Waals surface area contributed by atoms with E-state index in [0.29, 0.717) is 6.42 Å². The second-order valence-electron chi connectivity index (χ2n) is 6.32. The first kappa shape index (κ1) is 16.4. The molecule has 1 atom stereocenters. The van der Waals surface area contributed by atoms with Crippen molar-refractivity contribution in [2.24, 2.45) is 0 Å². The van der Waals surface area contributed by atoms with Crippen molar-refractivity contribution in [3.8, 4) is 0 Å². The van der Waals surface area contributed by atoms with Crippen molar-refractivity contribution in [2.75, 3.05) is 61.1 Å². The highest BCUT2D eigenvalue weighted by atomic mass is 32.2. The SMILES string of the molecule is CCN1CCN(c2cc(N(C)C3CCS(=O)(=O)C3)ncn2)CC1. The summed E-state index contributed by atoms with van der Waals surface area (Å²) >= 11 is 0. The van der Waals surface area contributed by atoms with E-state index < -0.39 is 9.84 Å². The summed E-state index contributed by atoms with van der Waals surface area (Å²) in [6, 6.07) is 1.99. The third kappa shape index (κ3) is 3.74. The van der Waals surface area contributed by atoms with E-state index in [2.05, 4.69) is 26.7 Å². The zero-order chi connectivity index (χ0) is 16.4. The van der Waals surface area contributed by atoms with Crippen LogP contribution in [0.2, 0.25) is 0 Å². The van der Waals surface area contributed by atoms with Crippen LogP contribution in [0, 0.1) is 0 Å². The van der Waals surface area contributed by atoms with Crippen LogP contribution in [0.25, 0.3) is 0 Å². The molecule has 0 aliphatic carbocycles. The Morgan fingerprint density at radius 2 is 2.00 bits per heavy atom. The number of rotatable bonds is 4. The molecule has 2 aliphatic rings. The number of hydrogen-bond donors (Lipinski definition) is 0. The number of nitrogens with zero attached hydrogens (tertiary/aromatic N) is 5. The molecule has 7 nitrogen and oxygen atoms in total. The zero-order valence-electron chi connectivity index (χ0n) is 13.8. The number of likely N-dealkylation sites (N-methyl/N-ethyl adjacent to an activating group) is 1. The van der Waals surface area contributed by atoms with Crippen LogP contribution in [0.15, 0.2) is 12.4 Å². The van der Waals surface area contributed by atoms with Crippen LogP contribution < -0.4 is 9.80 Å². The smallest absolute Gasteiger partial charge is 0.152 e. The van der Waals surface area contributed by atoms with Gasteiger partial charge in [-0.2, -0.15) is 0 Å². The van der Waals surface area contributed by atoms with Crippen LogP contribution >= 0.6 is 0 Å². The maximum absolute atomic E-state index is 11.7. The van der Waals surface area contributed by atoms with E-state index in [1.807, 2.05) is 18.0 Å². The van der Waals surface area contributed by atoms with E-state index >= 15 is 0 Å². The van der Waals surface area contributed by atoms with Gasteiger partial charge in [-0.1, -0.05) is 6.92 Å². The largest absolute Gasteiger partial charge is 0.355 e. The van der Waals surface area contributed by atoms with Gasteiger partial charge in [-0.25, -0.2) is 18.4 Å². The number of anilines is 2. The number of hydrogen-bond acceptors (Lipinski definition) is 7. The van der Waals surface area contributed by atoms with E-state index in [4.69, 9.17) is 0 Å². The molecule has 0 N–H and O–H groups in total. The van der Waals surface area contributed by atoms with E-state index in [1.54, 1.807) is 6.33 Å². The molecule has 23 heavy (non-hydrogen) atoms. The van der Waals surface area contributed by atoms with Gasteiger partial charge >= 0.3 is 0 Å². The second-order valence-corrected chi connectivity index (χ2v) is 8.55.